The Bertz CT molecular complexity index is 604. The van der Waals surface area contributed by atoms with Gasteiger partial charge in [0.25, 0.3) is 0 Å². The van der Waals surface area contributed by atoms with Gasteiger partial charge in [-0.05, 0) is 43.1 Å². The molecule has 2 amide bonds. The molecule has 1 unspecified atom stereocenters. The third-order valence-electron chi connectivity index (χ3n) is 5.84. The zero-order valence-corrected chi connectivity index (χ0v) is 15.5. The van der Waals surface area contributed by atoms with Crippen LogP contribution in [-0.4, -0.2) is 35.8 Å². The predicted octanol–water partition coefficient (Wildman–Crippen LogP) is 3.16. The van der Waals surface area contributed by atoms with Crippen molar-refractivity contribution in [3.8, 4) is 0 Å². The quantitative estimate of drug-likeness (QED) is 0.863. The summed E-state index contributed by atoms with van der Waals surface area (Å²) in [6, 6.07) is 10.7. The van der Waals surface area contributed by atoms with Crippen molar-refractivity contribution in [2.75, 3.05) is 13.1 Å². The molecule has 4 nitrogen and oxygen atoms in total. The van der Waals surface area contributed by atoms with Gasteiger partial charge in [0.1, 0.15) is 0 Å². The maximum atomic E-state index is 12.4. The molecule has 2 fully saturated rings. The monoisotopic (exact) mass is 342 g/mol. The third kappa shape index (κ3) is 4.42. The Kier molecular flexibility index (Phi) is 5.45. The van der Waals surface area contributed by atoms with E-state index in [1.165, 1.54) is 5.56 Å². The van der Waals surface area contributed by atoms with Crippen LogP contribution in [0.5, 0.6) is 0 Å². The second-order valence-corrected chi connectivity index (χ2v) is 8.00. The zero-order chi connectivity index (χ0) is 17.9. The molecule has 1 aromatic carbocycles. The van der Waals surface area contributed by atoms with E-state index in [-0.39, 0.29) is 23.1 Å². The topological polar surface area (TPSA) is 49.4 Å². The first kappa shape index (κ1) is 18.0. The normalized spacial score (nSPS) is 21.4. The number of aryl methyl sites for hydroxylation is 1. The first-order chi connectivity index (χ1) is 12.0. The molecule has 1 spiro atoms. The van der Waals surface area contributed by atoms with E-state index >= 15 is 0 Å². The van der Waals surface area contributed by atoms with Gasteiger partial charge in [-0.3, -0.25) is 9.59 Å². The molecule has 2 aliphatic rings. The second kappa shape index (κ2) is 7.59. The van der Waals surface area contributed by atoms with Crippen LogP contribution in [0, 0.1) is 11.3 Å². The number of rotatable bonds is 6. The summed E-state index contributed by atoms with van der Waals surface area (Å²) >= 11 is 0. The van der Waals surface area contributed by atoms with Gasteiger partial charge in [0, 0.05) is 31.5 Å². The number of carbonyl (C=O) groups is 2. The number of amides is 2. The van der Waals surface area contributed by atoms with Crippen LogP contribution in [0.15, 0.2) is 30.3 Å². The lowest BCUT2D eigenvalue weighted by Crippen LogP contribution is -2.42. The van der Waals surface area contributed by atoms with Crippen LogP contribution >= 0.6 is 0 Å². The molecule has 0 bridgehead atoms. The lowest BCUT2D eigenvalue weighted by Gasteiger charge is -2.33. The Morgan fingerprint density at radius 1 is 1.20 bits per heavy atom. The lowest BCUT2D eigenvalue weighted by atomic mass is 9.92. The lowest BCUT2D eigenvalue weighted by molar-refractivity contribution is -0.133. The van der Waals surface area contributed by atoms with Crippen LogP contribution in [0.2, 0.25) is 0 Å². The minimum absolute atomic E-state index is 0.0453. The fourth-order valence-electron chi connectivity index (χ4n) is 3.89. The molecular formula is C21H30N2O2. The van der Waals surface area contributed by atoms with E-state index in [1.54, 1.807) is 0 Å². The van der Waals surface area contributed by atoms with Crippen molar-refractivity contribution in [2.24, 2.45) is 11.3 Å². The Morgan fingerprint density at radius 2 is 1.88 bits per heavy atom. The number of nitrogens with zero attached hydrogens (tertiary/aromatic N) is 1. The molecule has 4 heteroatoms. The molecule has 1 aliphatic heterocycles. The van der Waals surface area contributed by atoms with Gasteiger partial charge in [-0.25, -0.2) is 0 Å². The highest BCUT2D eigenvalue weighted by atomic mass is 16.2. The summed E-state index contributed by atoms with van der Waals surface area (Å²) in [5.74, 6) is 0.486. The van der Waals surface area contributed by atoms with Crippen LogP contribution in [-0.2, 0) is 16.0 Å². The standard InChI is InChI=1S/C21H30N2O2/c1-16(2)20(25)22-18-15-21(18)11-13-23(14-12-21)19(24)10-6-9-17-7-4-3-5-8-17/h3-5,7-8,16,18H,6,9-15H2,1-2H3,(H,22,25). The molecule has 0 radical (unpaired) electrons. The van der Waals surface area contributed by atoms with Crippen molar-refractivity contribution < 1.29 is 9.59 Å². The Labute approximate surface area is 151 Å². The number of hydrogen-bond donors (Lipinski definition) is 1. The zero-order valence-electron chi connectivity index (χ0n) is 15.5. The highest BCUT2D eigenvalue weighted by molar-refractivity contribution is 5.79. The minimum Gasteiger partial charge on any atom is -0.353 e. The number of benzene rings is 1. The summed E-state index contributed by atoms with van der Waals surface area (Å²) in [6.45, 7) is 5.55. The van der Waals surface area contributed by atoms with Gasteiger partial charge >= 0.3 is 0 Å². The van der Waals surface area contributed by atoms with E-state index in [9.17, 15) is 9.59 Å². The average Bonchev–Trinajstić information content (AvgIpc) is 3.27. The molecule has 1 aliphatic carbocycles. The van der Waals surface area contributed by atoms with E-state index in [0.29, 0.717) is 12.5 Å². The number of hydrogen-bond acceptors (Lipinski definition) is 2. The summed E-state index contributed by atoms with van der Waals surface area (Å²) in [4.78, 5) is 26.3. The summed E-state index contributed by atoms with van der Waals surface area (Å²) in [5.41, 5.74) is 1.57. The summed E-state index contributed by atoms with van der Waals surface area (Å²) < 4.78 is 0. The molecule has 1 atom stereocenters. The minimum atomic E-state index is 0.0453. The molecule has 1 aromatic rings. The van der Waals surface area contributed by atoms with Gasteiger partial charge in [-0.1, -0.05) is 44.2 Å². The maximum absolute atomic E-state index is 12.4. The Morgan fingerprint density at radius 3 is 2.52 bits per heavy atom. The first-order valence-corrected chi connectivity index (χ1v) is 9.62. The van der Waals surface area contributed by atoms with Crippen LogP contribution in [0.25, 0.3) is 0 Å². The Balaban J connectivity index is 1.38. The van der Waals surface area contributed by atoms with Crippen molar-refractivity contribution in [2.45, 2.75) is 58.4 Å². The van der Waals surface area contributed by atoms with Crippen LogP contribution in [0.4, 0.5) is 0 Å². The van der Waals surface area contributed by atoms with Gasteiger partial charge in [0.2, 0.25) is 11.8 Å². The molecule has 136 valence electrons. The van der Waals surface area contributed by atoms with E-state index in [1.807, 2.05) is 36.9 Å². The fourth-order valence-corrected chi connectivity index (χ4v) is 3.89. The van der Waals surface area contributed by atoms with Crippen molar-refractivity contribution >= 4 is 11.8 Å². The summed E-state index contributed by atoms with van der Waals surface area (Å²) in [5, 5.41) is 3.17. The Hall–Kier alpha value is -1.84. The van der Waals surface area contributed by atoms with Crippen LogP contribution in [0.3, 0.4) is 0 Å². The van der Waals surface area contributed by atoms with Gasteiger partial charge < -0.3 is 10.2 Å². The number of likely N-dealkylation sites (tertiary alicyclic amines) is 1. The smallest absolute Gasteiger partial charge is 0.222 e. The van der Waals surface area contributed by atoms with Crippen LogP contribution < -0.4 is 5.32 Å². The van der Waals surface area contributed by atoms with Gasteiger partial charge in [-0.2, -0.15) is 0 Å². The van der Waals surface area contributed by atoms with Crippen molar-refractivity contribution in [3.05, 3.63) is 35.9 Å². The molecule has 3 rings (SSSR count). The highest BCUT2D eigenvalue weighted by Crippen LogP contribution is 2.54. The molecular weight excluding hydrogens is 312 g/mol. The maximum Gasteiger partial charge on any atom is 0.222 e. The molecule has 1 saturated carbocycles. The van der Waals surface area contributed by atoms with Gasteiger partial charge in [0.05, 0.1) is 0 Å². The molecule has 25 heavy (non-hydrogen) atoms. The number of carbonyl (C=O) groups excluding carboxylic acids is 2. The van der Waals surface area contributed by atoms with Crippen molar-refractivity contribution in [1.82, 2.24) is 10.2 Å². The fraction of sp³-hybridized carbons (Fsp3) is 0.619. The van der Waals surface area contributed by atoms with Crippen molar-refractivity contribution in [3.63, 3.8) is 0 Å². The predicted molar refractivity (Wildman–Crippen MR) is 99.0 cm³/mol. The summed E-state index contributed by atoms with van der Waals surface area (Å²) in [6.07, 6.45) is 5.66. The molecule has 1 saturated heterocycles. The largest absolute Gasteiger partial charge is 0.353 e. The molecule has 0 aromatic heterocycles. The average molecular weight is 342 g/mol. The SMILES string of the molecule is CC(C)C(=O)NC1CC12CCN(C(=O)CCCc1ccccc1)CC2. The van der Waals surface area contributed by atoms with Crippen LogP contribution in [0.1, 0.15) is 51.5 Å². The van der Waals surface area contributed by atoms with E-state index in [2.05, 4.69) is 17.4 Å². The molecule has 1 heterocycles. The van der Waals surface area contributed by atoms with Gasteiger partial charge in [-0.15, -0.1) is 0 Å². The van der Waals surface area contributed by atoms with E-state index < -0.39 is 0 Å². The number of piperidine rings is 1. The van der Waals surface area contributed by atoms with Gasteiger partial charge in [0.15, 0.2) is 0 Å². The van der Waals surface area contributed by atoms with Crippen molar-refractivity contribution in [1.29, 1.82) is 0 Å². The number of nitrogens with one attached hydrogen (secondary N) is 1. The van der Waals surface area contributed by atoms with E-state index in [0.717, 1.165) is 45.2 Å². The third-order valence-corrected chi connectivity index (χ3v) is 5.84. The second-order valence-electron chi connectivity index (χ2n) is 8.00. The molecule has 1 N–H and O–H groups in total. The van der Waals surface area contributed by atoms with E-state index in [4.69, 9.17) is 0 Å². The first-order valence-electron chi connectivity index (χ1n) is 9.62. The highest BCUT2D eigenvalue weighted by Gasteiger charge is 2.55. The summed E-state index contributed by atoms with van der Waals surface area (Å²) in [7, 11) is 0.